The van der Waals surface area contributed by atoms with Crippen LogP contribution in [0.5, 0.6) is 11.5 Å². The number of ether oxygens (including phenoxy) is 1. The molecule has 1 atom stereocenters. The Labute approximate surface area is 169 Å². The van der Waals surface area contributed by atoms with Gasteiger partial charge in [-0.2, -0.15) is 0 Å². The molecule has 0 saturated heterocycles. The minimum absolute atomic E-state index is 0.0519. The summed E-state index contributed by atoms with van der Waals surface area (Å²) in [4.78, 5) is 16.6. The van der Waals surface area contributed by atoms with Gasteiger partial charge in [-0.3, -0.25) is 4.79 Å². The Balaban J connectivity index is 1.91. The fourth-order valence-electron chi connectivity index (χ4n) is 3.37. The summed E-state index contributed by atoms with van der Waals surface area (Å²) in [5.74, 6) is 0.0911. The lowest BCUT2D eigenvalue weighted by atomic mass is 9.98. The van der Waals surface area contributed by atoms with Gasteiger partial charge >= 0.3 is 0 Å². The fraction of sp³-hybridized carbons (Fsp3) is 0.391. The lowest BCUT2D eigenvalue weighted by Gasteiger charge is -2.15. The Morgan fingerprint density at radius 2 is 1.90 bits per heavy atom. The average molecular weight is 399 g/mol. The number of fused-ring (bicyclic) bond motifs is 1. The van der Waals surface area contributed by atoms with Gasteiger partial charge in [0.15, 0.2) is 17.4 Å². The van der Waals surface area contributed by atoms with Crippen LogP contribution in [-0.4, -0.2) is 22.5 Å². The maximum atomic E-state index is 13.1. The zero-order valence-electron chi connectivity index (χ0n) is 17.4. The fourth-order valence-corrected chi connectivity index (χ4v) is 3.37. The molecular formula is C23H26FNO4. The quantitative estimate of drug-likeness (QED) is 0.502. The molecule has 6 heteroatoms. The first kappa shape index (κ1) is 20.8. The minimum atomic E-state index is -0.271. The summed E-state index contributed by atoms with van der Waals surface area (Å²) in [5.41, 5.74) is 2.65. The number of carbonyl (C=O) groups excluding carboxylic acids is 1. The van der Waals surface area contributed by atoms with E-state index in [0.717, 1.165) is 5.56 Å². The van der Waals surface area contributed by atoms with Crippen LogP contribution in [0.1, 0.15) is 73.3 Å². The minimum Gasteiger partial charge on any atom is -0.504 e. The van der Waals surface area contributed by atoms with Gasteiger partial charge in [-0.1, -0.05) is 32.9 Å². The van der Waals surface area contributed by atoms with Crippen molar-refractivity contribution in [2.24, 2.45) is 0 Å². The first-order valence-electron chi connectivity index (χ1n) is 9.75. The van der Waals surface area contributed by atoms with E-state index in [1.807, 2.05) is 20.8 Å². The molecule has 29 heavy (non-hydrogen) atoms. The van der Waals surface area contributed by atoms with Crippen molar-refractivity contribution in [2.45, 2.75) is 52.9 Å². The van der Waals surface area contributed by atoms with E-state index < -0.39 is 0 Å². The van der Waals surface area contributed by atoms with Gasteiger partial charge in [-0.05, 0) is 49.4 Å². The van der Waals surface area contributed by atoms with Crippen molar-refractivity contribution in [3.63, 3.8) is 0 Å². The van der Waals surface area contributed by atoms with Crippen LogP contribution in [0.4, 0.5) is 4.39 Å². The third kappa shape index (κ3) is 4.11. The highest BCUT2D eigenvalue weighted by Gasteiger charge is 2.26. The Hall–Kier alpha value is -2.89. The van der Waals surface area contributed by atoms with Crippen LogP contribution in [0.25, 0.3) is 11.1 Å². The Morgan fingerprint density at radius 3 is 2.48 bits per heavy atom. The molecular weight excluding hydrogens is 373 g/mol. The van der Waals surface area contributed by atoms with Gasteiger partial charge < -0.3 is 14.3 Å². The summed E-state index contributed by atoms with van der Waals surface area (Å²) in [7, 11) is 0. The lowest BCUT2D eigenvalue weighted by molar-refractivity contribution is 0.101. The van der Waals surface area contributed by atoms with Gasteiger partial charge in [0.2, 0.25) is 11.3 Å². The maximum absolute atomic E-state index is 13.1. The number of aromatic nitrogens is 1. The number of phenols is 1. The largest absolute Gasteiger partial charge is 0.504 e. The predicted octanol–water partition coefficient (Wildman–Crippen LogP) is 5.88. The molecule has 1 N–H and O–H groups in total. The highest BCUT2D eigenvalue weighted by atomic mass is 19.1. The number of hydrogen-bond acceptors (Lipinski definition) is 5. The van der Waals surface area contributed by atoms with E-state index in [9.17, 15) is 14.3 Å². The second kappa shape index (κ2) is 8.23. The second-order valence-corrected chi connectivity index (χ2v) is 7.71. The highest BCUT2D eigenvalue weighted by Crippen LogP contribution is 2.42. The molecule has 1 unspecified atom stereocenters. The number of phenolic OH excluding ortho intramolecular Hbond substituents is 1. The molecule has 3 rings (SSSR count). The van der Waals surface area contributed by atoms with E-state index in [1.165, 1.54) is 19.1 Å². The highest BCUT2D eigenvalue weighted by molar-refractivity contribution is 6.04. The number of halogens is 1. The average Bonchev–Trinajstić information content (AvgIpc) is 3.10. The van der Waals surface area contributed by atoms with E-state index in [4.69, 9.17) is 9.15 Å². The number of rotatable bonds is 7. The van der Waals surface area contributed by atoms with Gasteiger partial charge in [-0.15, -0.1) is 0 Å². The molecule has 1 aromatic heterocycles. The lowest BCUT2D eigenvalue weighted by Crippen LogP contribution is -2.06. The second-order valence-electron chi connectivity index (χ2n) is 7.71. The molecule has 0 saturated carbocycles. The SMILES string of the molecule is CC(=O)c1c(O)c(OCCC(C)c2ccc(F)cc2)c2oc(C(C)C)nc2c1C. The van der Waals surface area contributed by atoms with E-state index in [0.29, 0.717) is 35.6 Å². The molecule has 0 spiro atoms. The maximum Gasteiger partial charge on any atom is 0.207 e. The predicted molar refractivity (Wildman–Crippen MR) is 109 cm³/mol. The van der Waals surface area contributed by atoms with Gasteiger partial charge in [0.1, 0.15) is 11.3 Å². The first-order chi connectivity index (χ1) is 13.7. The van der Waals surface area contributed by atoms with Crippen molar-refractivity contribution in [1.82, 2.24) is 4.98 Å². The van der Waals surface area contributed by atoms with Crippen LogP contribution in [0, 0.1) is 12.7 Å². The van der Waals surface area contributed by atoms with Crippen LogP contribution in [-0.2, 0) is 0 Å². The topological polar surface area (TPSA) is 72.6 Å². The Bertz CT molecular complexity index is 1040. The summed E-state index contributed by atoms with van der Waals surface area (Å²) in [6.45, 7) is 9.36. The normalized spacial score (nSPS) is 12.5. The molecule has 0 aliphatic heterocycles. The van der Waals surface area contributed by atoms with Crippen LogP contribution < -0.4 is 4.74 Å². The smallest absolute Gasteiger partial charge is 0.207 e. The molecule has 3 aromatic rings. The van der Waals surface area contributed by atoms with Crippen LogP contribution in [0.3, 0.4) is 0 Å². The van der Waals surface area contributed by atoms with Crippen LogP contribution in [0.2, 0.25) is 0 Å². The molecule has 5 nitrogen and oxygen atoms in total. The van der Waals surface area contributed by atoms with E-state index >= 15 is 0 Å². The summed E-state index contributed by atoms with van der Waals surface area (Å²) in [6.07, 6.45) is 0.640. The number of aryl methyl sites for hydroxylation is 1. The van der Waals surface area contributed by atoms with Crippen LogP contribution >= 0.6 is 0 Å². The summed E-state index contributed by atoms with van der Waals surface area (Å²) < 4.78 is 24.9. The van der Waals surface area contributed by atoms with Gasteiger partial charge in [0, 0.05) is 5.92 Å². The first-order valence-corrected chi connectivity index (χ1v) is 9.75. The van der Waals surface area contributed by atoms with Crippen molar-refractivity contribution in [2.75, 3.05) is 6.61 Å². The molecule has 2 aromatic carbocycles. The number of Topliss-reactive ketones (excluding diaryl/α,β-unsaturated/α-hetero) is 1. The third-order valence-electron chi connectivity index (χ3n) is 5.11. The molecule has 0 bridgehead atoms. The molecule has 0 amide bonds. The molecule has 0 aliphatic rings. The van der Waals surface area contributed by atoms with Crippen molar-refractivity contribution in [3.05, 3.63) is 52.7 Å². The van der Waals surface area contributed by atoms with Crippen LogP contribution in [0.15, 0.2) is 28.7 Å². The van der Waals surface area contributed by atoms with Crippen molar-refractivity contribution >= 4 is 16.9 Å². The van der Waals surface area contributed by atoms with Gasteiger partial charge in [0.25, 0.3) is 0 Å². The zero-order valence-corrected chi connectivity index (χ0v) is 17.4. The molecule has 0 fully saturated rings. The molecule has 1 heterocycles. The van der Waals surface area contributed by atoms with Crippen molar-refractivity contribution < 1.29 is 23.4 Å². The zero-order chi connectivity index (χ0) is 21.3. The van der Waals surface area contributed by atoms with E-state index in [-0.39, 0.29) is 40.5 Å². The summed E-state index contributed by atoms with van der Waals surface area (Å²) >= 11 is 0. The monoisotopic (exact) mass is 399 g/mol. The van der Waals surface area contributed by atoms with Gasteiger partial charge in [0.05, 0.1) is 12.2 Å². The Morgan fingerprint density at radius 1 is 1.24 bits per heavy atom. The summed E-state index contributed by atoms with van der Waals surface area (Å²) in [6, 6.07) is 6.37. The number of oxazole rings is 1. The Kier molecular flexibility index (Phi) is 5.91. The number of ketones is 1. The number of carbonyl (C=O) groups is 1. The standard InChI is InChI=1S/C23H26FNO4/c1-12(2)23-25-19-14(4)18(15(5)26)20(27)22(21(19)29-23)28-11-10-13(3)16-6-8-17(24)9-7-16/h6-9,12-13,27H,10-11H2,1-5H3. The number of nitrogens with zero attached hydrogens (tertiary/aromatic N) is 1. The number of benzene rings is 2. The van der Waals surface area contributed by atoms with E-state index in [1.54, 1.807) is 19.1 Å². The molecule has 0 radical (unpaired) electrons. The van der Waals surface area contributed by atoms with Gasteiger partial charge in [-0.25, -0.2) is 9.37 Å². The molecule has 154 valence electrons. The number of hydrogen-bond donors (Lipinski definition) is 1. The number of aromatic hydroxyl groups is 1. The molecule has 0 aliphatic carbocycles. The third-order valence-corrected chi connectivity index (χ3v) is 5.11. The van der Waals surface area contributed by atoms with Crippen molar-refractivity contribution in [1.29, 1.82) is 0 Å². The van der Waals surface area contributed by atoms with Crippen molar-refractivity contribution in [3.8, 4) is 11.5 Å². The summed E-state index contributed by atoms with van der Waals surface area (Å²) in [5, 5.41) is 10.7. The van der Waals surface area contributed by atoms with E-state index in [2.05, 4.69) is 4.98 Å².